The molecule has 2 aliphatic rings. The van der Waals surface area contributed by atoms with Crippen molar-refractivity contribution in [2.75, 3.05) is 5.73 Å². The highest BCUT2D eigenvalue weighted by atomic mass is 19.1. The van der Waals surface area contributed by atoms with E-state index in [1.54, 1.807) is 19.3 Å². The highest BCUT2D eigenvalue weighted by Gasteiger charge is 2.30. The normalized spacial score (nSPS) is 17.6. The number of nitrogens with zero attached hydrogens (tertiary/aromatic N) is 7. The van der Waals surface area contributed by atoms with E-state index in [1.165, 1.54) is 23.4 Å². The van der Waals surface area contributed by atoms with Gasteiger partial charge in [-0.05, 0) is 44.0 Å². The first-order chi connectivity index (χ1) is 16.0. The predicted molar refractivity (Wildman–Crippen MR) is 119 cm³/mol. The third-order valence-electron chi connectivity index (χ3n) is 6.50. The molecule has 0 amide bonds. The first-order valence-electron chi connectivity index (χ1n) is 11.0. The van der Waals surface area contributed by atoms with Crippen molar-refractivity contribution in [3.05, 3.63) is 53.2 Å². The van der Waals surface area contributed by atoms with E-state index in [9.17, 15) is 4.39 Å². The molecule has 6 rings (SSSR count). The fourth-order valence-electron chi connectivity index (χ4n) is 4.61. The Morgan fingerprint density at radius 1 is 1.18 bits per heavy atom. The van der Waals surface area contributed by atoms with Crippen molar-refractivity contribution in [3.8, 4) is 28.3 Å². The van der Waals surface area contributed by atoms with Gasteiger partial charge in [-0.25, -0.2) is 14.1 Å². The van der Waals surface area contributed by atoms with Crippen molar-refractivity contribution < 1.29 is 9.13 Å². The molecule has 1 atom stereocenters. The zero-order valence-electron chi connectivity index (χ0n) is 18.4. The number of aryl methyl sites for hydroxylation is 1. The van der Waals surface area contributed by atoms with Crippen LogP contribution >= 0.6 is 0 Å². The molecule has 0 radical (unpaired) electrons. The smallest absolute Gasteiger partial charge is 0.166 e. The summed E-state index contributed by atoms with van der Waals surface area (Å²) in [6.07, 6.45) is 4.58. The van der Waals surface area contributed by atoms with Crippen LogP contribution in [0.2, 0.25) is 0 Å². The topological polar surface area (TPSA) is 110 Å². The first kappa shape index (κ1) is 19.8. The standard InChI is InChI=1S/C23H23FN8O/c1-12-17-9-15(24)6-7-16(17)21-18(28-31(2)29-21)11-32-22(20(27-30-32)13-4-3-5-13)14-8-19(33-12)23(25)26-10-14/h6-10,12-13H,3-5,11H2,1-2H3,(H2,25,26). The van der Waals surface area contributed by atoms with Crippen molar-refractivity contribution in [3.63, 3.8) is 0 Å². The molecule has 2 bridgehead atoms. The second-order valence-corrected chi connectivity index (χ2v) is 8.69. The largest absolute Gasteiger partial charge is 0.482 e. The summed E-state index contributed by atoms with van der Waals surface area (Å²) in [5, 5.41) is 18.2. The highest BCUT2D eigenvalue weighted by molar-refractivity contribution is 5.69. The van der Waals surface area contributed by atoms with Crippen LogP contribution in [-0.2, 0) is 13.6 Å². The minimum atomic E-state index is -0.501. The Hall–Kier alpha value is -3.82. The van der Waals surface area contributed by atoms with Gasteiger partial charge in [0.2, 0.25) is 0 Å². The van der Waals surface area contributed by atoms with E-state index in [0.29, 0.717) is 35.2 Å². The number of fused-ring (bicyclic) bond motifs is 7. The molecule has 1 aromatic carbocycles. The third-order valence-corrected chi connectivity index (χ3v) is 6.50. The molecular weight excluding hydrogens is 423 g/mol. The Balaban J connectivity index is 1.62. The molecule has 1 aliphatic carbocycles. The number of pyridine rings is 1. The van der Waals surface area contributed by atoms with Crippen LogP contribution in [-0.4, -0.2) is 35.0 Å². The van der Waals surface area contributed by atoms with Gasteiger partial charge in [0.25, 0.3) is 0 Å². The van der Waals surface area contributed by atoms with Gasteiger partial charge in [-0.15, -0.1) is 5.10 Å². The summed E-state index contributed by atoms with van der Waals surface area (Å²) in [5.41, 5.74) is 11.6. The fraction of sp³-hybridized carbons (Fsp3) is 0.348. The van der Waals surface area contributed by atoms with Crippen LogP contribution in [0.25, 0.3) is 22.5 Å². The van der Waals surface area contributed by atoms with Gasteiger partial charge in [-0.2, -0.15) is 15.0 Å². The number of halogens is 1. The van der Waals surface area contributed by atoms with E-state index in [1.807, 2.05) is 17.7 Å². The van der Waals surface area contributed by atoms with Gasteiger partial charge in [-0.1, -0.05) is 11.6 Å². The lowest BCUT2D eigenvalue weighted by Gasteiger charge is -2.25. The second-order valence-electron chi connectivity index (χ2n) is 8.69. The Labute approximate surface area is 189 Å². The molecule has 10 heteroatoms. The predicted octanol–water partition coefficient (Wildman–Crippen LogP) is 3.63. The minimum absolute atomic E-state index is 0.269. The van der Waals surface area contributed by atoms with Gasteiger partial charge >= 0.3 is 0 Å². The number of anilines is 1. The average molecular weight is 446 g/mol. The van der Waals surface area contributed by atoms with Gasteiger partial charge in [0.1, 0.15) is 23.3 Å². The molecule has 1 unspecified atom stereocenters. The SMILES string of the molecule is CC1Oc2cc(cnc2N)-c2c(C3CCC3)nnn2Cc2nn(C)nc2-c2ccc(F)cc21. The maximum absolute atomic E-state index is 14.3. The monoisotopic (exact) mass is 446 g/mol. The summed E-state index contributed by atoms with van der Waals surface area (Å²) in [4.78, 5) is 5.91. The zero-order valence-corrected chi connectivity index (χ0v) is 18.4. The van der Waals surface area contributed by atoms with E-state index in [-0.39, 0.29) is 11.6 Å². The molecule has 0 saturated heterocycles. The summed E-state index contributed by atoms with van der Waals surface area (Å²) in [6.45, 7) is 2.22. The number of aromatic nitrogens is 7. The van der Waals surface area contributed by atoms with Crippen LogP contribution in [0.5, 0.6) is 5.75 Å². The minimum Gasteiger partial charge on any atom is -0.482 e. The molecule has 1 fully saturated rings. The lowest BCUT2D eigenvalue weighted by atomic mass is 9.81. The Morgan fingerprint density at radius 3 is 2.82 bits per heavy atom. The highest BCUT2D eigenvalue weighted by Crippen LogP contribution is 2.42. The summed E-state index contributed by atoms with van der Waals surface area (Å²) >= 11 is 0. The average Bonchev–Trinajstić information content (AvgIpc) is 3.31. The molecular formula is C23H23FN8O. The molecule has 3 aromatic heterocycles. The van der Waals surface area contributed by atoms with Crippen molar-refractivity contribution in [1.82, 2.24) is 35.0 Å². The maximum atomic E-state index is 14.3. The van der Waals surface area contributed by atoms with E-state index >= 15 is 0 Å². The lowest BCUT2D eigenvalue weighted by molar-refractivity contribution is 0.227. The number of nitrogen functional groups attached to an aromatic ring is 1. The molecule has 1 saturated carbocycles. The Morgan fingerprint density at radius 2 is 2.03 bits per heavy atom. The molecule has 33 heavy (non-hydrogen) atoms. The molecule has 4 aromatic rings. The number of rotatable bonds is 1. The van der Waals surface area contributed by atoms with Crippen molar-refractivity contribution in [2.24, 2.45) is 7.05 Å². The van der Waals surface area contributed by atoms with E-state index in [2.05, 4.69) is 25.5 Å². The number of hydrogen-bond donors (Lipinski definition) is 1. The zero-order chi connectivity index (χ0) is 22.7. The summed E-state index contributed by atoms with van der Waals surface area (Å²) in [7, 11) is 1.77. The quantitative estimate of drug-likeness (QED) is 0.475. The summed E-state index contributed by atoms with van der Waals surface area (Å²) in [6, 6.07) is 6.47. The Bertz CT molecular complexity index is 1370. The van der Waals surface area contributed by atoms with Gasteiger partial charge in [-0.3, -0.25) is 0 Å². The lowest BCUT2D eigenvalue weighted by Crippen LogP contribution is -2.13. The van der Waals surface area contributed by atoms with E-state index < -0.39 is 6.10 Å². The Kier molecular flexibility index (Phi) is 4.42. The molecule has 2 N–H and O–H groups in total. The van der Waals surface area contributed by atoms with Crippen molar-refractivity contribution in [2.45, 2.75) is 44.8 Å². The van der Waals surface area contributed by atoms with Gasteiger partial charge < -0.3 is 10.5 Å². The number of nitrogens with two attached hydrogens (primary N) is 1. The second kappa shape index (κ2) is 7.36. The molecule has 0 spiro atoms. The molecule has 1 aliphatic heterocycles. The number of hydrogen-bond acceptors (Lipinski definition) is 7. The van der Waals surface area contributed by atoms with Crippen LogP contribution in [0.15, 0.2) is 30.5 Å². The number of ether oxygens (including phenoxy) is 1. The fourth-order valence-corrected chi connectivity index (χ4v) is 4.61. The van der Waals surface area contributed by atoms with Gasteiger partial charge in [0.15, 0.2) is 11.6 Å². The van der Waals surface area contributed by atoms with Crippen LogP contribution < -0.4 is 10.5 Å². The van der Waals surface area contributed by atoms with Crippen LogP contribution in [0, 0.1) is 5.82 Å². The maximum Gasteiger partial charge on any atom is 0.166 e. The first-order valence-corrected chi connectivity index (χ1v) is 11.0. The molecule has 4 heterocycles. The van der Waals surface area contributed by atoms with Crippen LogP contribution in [0.1, 0.15) is 55.2 Å². The summed E-state index contributed by atoms with van der Waals surface area (Å²) < 4.78 is 22.3. The third kappa shape index (κ3) is 3.24. The van der Waals surface area contributed by atoms with Crippen LogP contribution in [0.4, 0.5) is 10.2 Å². The summed E-state index contributed by atoms with van der Waals surface area (Å²) in [5.74, 6) is 0.713. The van der Waals surface area contributed by atoms with E-state index in [0.717, 1.165) is 35.4 Å². The van der Waals surface area contributed by atoms with Crippen molar-refractivity contribution >= 4 is 5.82 Å². The number of benzene rings is 1. The molecule has 9 nitrogen and oxygen atoms in total. The van der Waals surface area contributed by atoms with Gasteiger partial charge in [0.05, 0.1) is 17.9 Å². The van der Waals surface area contributed by atoms with Crippen molar-refractivity contribution in [1.29, 1.82) is 0 Å². The molecule has 168 valence electrons. The van der Waals surface area contributed by atoms with Gasteiger partial charge in [0, 0.05) is 35.9 Å². The van der Waals surface area contributed by atoms with E-state index in [4.69, 9.17) is 10.5 Å². The van der Waals surface area contributed by atoms with Crippen LogP contribution in [0.3, 0.4) is 0 Å².